The van der Waals surface area contributed by atoms with Crippen LogP contribution in [0, 0.1) is 0 Å². The molecule has 0 fully saturated rings. The molecule has 1 heterocycles. The minimum absolute atomic E-state index is 0.0107. The van der Waals surface area contributed by atoms with E-state index in [9.17, 15) is 10.2 Å². The van der Waals surface area contributed by atoms with Gasteiger partial charge in [0.1, 0.15) is 11.5 Å². The highest BCUT2D eigenvalue weighted by atomic mass is 16.3. The number of nitrogen functional groups attached to an aromatic ring is 1. The van der Waals surface area contributed by atoms with Gasteiger partial charge in [0.25, 0.3) is 0 Å². The van der Waals surface area contributed by atoms with Crippen LogP contribution >= 0.6 is 0 Å². The van der Waals surface area contributed by atoms with Gasteiger partial charge in [0.05, 0.1) is 23.3 Å². The average molecular weight is 267 g/mol. The predicted molar refractivity (Wildman–Crippen MR) is 76.7 cm³/mol. The van der Waals surface area contributed by atoms with Crippen molar-refractivity contribution in [2.75, 3.05) is 5.73 Å². The molecule has 0 aliphatic rings. The summed E-state index contributed by atoms with van der Waals surface area (Å²) in [5.41, 5.74) is 8.55. The van der Waals surface area contributed by atoms with Gasteiger partial charge in [0.2, 0.25) is 0 Å². The number of nitrogens with zero attached hydrogens (tertiary/aromatic N) is 2. The number of anilines is 1. The molecule has 0 bridgehead atoms. The lowest BCUT2D eigenvalue weighted by Crippen LogP contribution is -2.02. The maximum absolute atomic E-state index is 9.97. The largest absolute Gasteiger partial charge is 0.508 e. The summed E-state index contributed by atoms with van der Waals surface area (Å²) in [5.74, 6) is -0.00204. The predicted octanol–water partition coefficient (Wildman–Crippen LogP) is 2.53. The van der Waals surface area contributed by atoms with Gasteiger partial charge in [0.15, 0.2) is 0 Å². The van der Waals surface area contributed by atoms with Gasteiger partial charge in [-0.3, -0.25) is 0 Å². The molecule has 2 aromatic carbocycles. The van der Waals surface area contributed by atoms with Crippen molar-refractivity contribution in [1.82, 2.24) is 9.78 Å². The maximum Gasteiger partial charge on any atom is 0.128 e. The van der Waals surface area contributed by atoms with Crippen molar-refractivity contribution in [2.45, 2.75) is 0 Å². The molecule has 0 atom stereocenters. The van der Waals surface area contributed by atoms with E-state index in [1.165, 1.54) is 12.1 Å². The summed E-state index contributed by atoms with van der Waals surface area (Å²) in [4.78, 5) is 0. The molecular weight excluding hydrogens is 254 g/mol. The van der Waals surface area contributed by atoms with Crippen LogP contribution in [-0.2, 0) is 0 Å². The van der Waals surface area contributed by atoms with Crippen LogP contribution in [0.5, 0.6) is 11.5 Å². The van der Waals surface area contributed by atoms with Crippen molar-refractivity contribution >= 4 is 5.69 Å². The summed E-state index contributed by atoms with van der Waals surface area (Å²) < 4.78 is 1.65. The third-order valence-electron chi connectivity index (χ3n) is 3.06. The maximum atomic E-state index is 9.97. The van der Waals surface area contributed by atoms with Gasteiger partial charge in [-0.15, -0.1) is 0 Å². The third kappa shape index (κ3) is 1.95. The van der Waals surface area contributed by atoms with Crippen LogP contribution in [0.1, 0.15) is 0 Å². The van der Waals surface area contributed by atoms with E-state index < -0.39 is 0 Å². The first-order chi connectivity index (χ1) is 9.66. The molecule has 0 unspecified atom stereocenters. The SMILES string of the molecule is Nc1ccccc1-n1nccc1-c1ccc(O)cc1O. The fourth-order valence-electron chi connectivity index (χ4n) is 2.12. The van der Waals surface area contributed by atoms with Crippen molar-refractivity contribution in [2.24, 2.45) is 0 Å². The Morgan fingerprint density at radius 3 is 2.55 bits per heavy atom. The molecule has 0 aliphatic carbocycles. The molecule has 3 aromatic rings. The first kappa shape index (κ1) is 12.1. The number of nitrogens with two attached hydrogens (primary N) is 1. The molecule has 20 heavy (non-hydrogen) atoms. The van der Waals surface area contributed by atoms with Gasteiger partial charge in [-0.25, -0.2) is 4.68 Å². The van der Waals surface area contributed by atoms with Gasteiger partial charge in [0, 0.05) is 11.6 Å². The van der Waals surface area contributed by atoms with E-state index in [-0.39, 0.29) is 11.5 Å². The Balaban J connectivity index is 2.18. The van der Waals surface area contributed by atoms with Crippen LogP contribution < -0.4 is 5.73 Å². The zero-order chi connectivity index (χ0) is 14.1. The lowest BCUT2D eigenvalue weighted by atomic mass is 10.1. The van der Waals surface area contributed by atoms with E-state index in [2.05, 4.69) is 5.10 Å². The molecule has 3 rings (SSSR count). The molecule has 0 aliphatic heterocycles. The van der Waals surface area contributed by atoms with Gasteiger partial charge in [-0.1, -0.05) is 12.1 Å². The highest BCUT2D eigenvalue weighted by Gasteiger charge is 2.13. The summed E-state index contributed by atoms with van der Waals surface area (Å²) in [6, 6.07) is 13.6. The molecule has 1 aromatic heterocycles. The molecule has 100 valence electrons. The molecule has 0 saturated carbocycles. The van der Waals surface area contributed by atoms with Crippen LogP contribution in [0.2, 0.25) is 0 Å². The monoisotopic (exact) mass is 267 g/mol. The van der Waals surface area contributed by atoms with Crippen molar-refractivity contribution < 1.29 is 10.2 Å². The van der Waals surface area contributed by atoms with Gasteiger partial charge in [-0.2, -0.15) is 5.10 Å². The fourth-order valence-corrected chi connectivity index (χ4v) is 2.12. The van der Waals surface area contributed by atoms with Crippen molar-refractivity contribution in [1.29, 1.82) is 0 Å². The number of para-hydroxylation sites is 2. The third-order valence-corrected chi connectivity index (χ3v) is 3.06. The number of aromatic nitrogens is 2. The quantitative estimate of drug-likeness (QED) is 0.623. The average Bonchev–Trinajstić information content (AvgIpc) is 2.88. The Hall–Kier alpha value is -2.95. The van der Waals surface area contributed by atoms with Crippen molar-refractivity contribution in [3.8, 4) is 28.4 Å². The van der Waals surface area contributed by atoms with Crippen molar-refractivity contribution in [3.63, 3.8) is 0 Å². The zero-order valence-corrected chi connectivity index (χ0v) is 10.6. The molecule has 5 nitrogen and oxygen atoms in total. The number of aromatic hydroxyl groups is 2. The summed E-state index contributed by atoms with van der Waals surface area (Å²) in [6.45, 7) is 0. The Kier molecular flexibility index (Phi) is 2.80. The lowest BCUT2D eigenvalue weighted by molar-refractivity contribution is 0.451. The number of hydrogen-bond donors (Lipinski definition) is 3. The Labute approximate surface area is 115 Å². The topological polar surface area (TPSA) is 84.3 Å². The molecule has 5 heteroatoms. The van der Waals surface area contributed by atoms with E-state index in [1.807, 2.05) is 18.2 Å². The fraction of sp³-hybridized carbons (Fsp3) is 0. The smallest absolute Gasteiger partial charge is 0.128 e. The van der Waals surface area contributed by atoms with Crippen LogP contribution in [0.4, 0.5) is 5.69 Å². The molecule has 0 saturated heterocycles. The highest BCUT2D eigenvalue weighted by Crippen LogP contribution is 2.33. The molecule has 0 spiro atoms. The zero-order valence-electron chi connectivity index (χ0n) is 10.6. The minimum atomic E-state index is -0.0127. The van der Waals surface area contributed by atoms with Gasteiger partial charge in [-0.05, 0) is 30.3 Å². The first-order valence-corrected chi connectivity index (χ1v) is 6.08. The number of hydrogen-bond acceptors (Lipinski definition) is 4. The number of phenolic OH excluding ortho intramolecular Hbond substituents is 2. The van der Waals surface area contributed by atoms with E-state index in [0.29, 0.717) is 16.9 Å². The standard InChI is InChI=1S/C15H13N3O2/c16-12-3-1-2-4-14(12)18-13(7-8-17-18)11-6-5-10(19)9-15(11)20/h1-9,19-20H,16H2. The lowest BCUT2D eigenvalue weighted by Gasteiger charge is -2.11. The Morgan fingerprint density at radius 2 is 1.80 bits per heavy atom. The van der Waals surface area contributed by atoms with Crippen LogP contribution in [0.15, 0.2) is 54.7 Å². The summed E-state index contributed by atoms with van der Waals surface area (Å²) in [7, 11) is 0. The molecular formula is C15H13N3O2. The summed E-state index contributed by atoms with van der Waals surface area (Å²) >= 11 is 0. The highest BCUT2D eigenvalue weighted by molar-refractivity contribution is 5.71. The van der Waals surface area contributed by atoms with E-state index >= 15 is 0 Å². The second-order valence-electron chi connectivity index (χ2n) is 4.39. The van der Waals surface area contributed by atoms with Gasteiger partial charge >= 0.3 is 0 Å². The van der Waals surface area contributed by atoms with Crippen molar-refractivity contribution in [3.05, 3.63) is 54.7 Å². The Morgan fingerprint density at radius 1 is 1.00 bits per heavy atom. The first-order valence-electron chi connectivity index (χ1n) is 6.08. The van der Waals surface area contributed by atoms with Crippen LogP contribution in [0.3, 0.4) is 0 Å². The van der Waals surface area contributed by atoms with Crippen LogP contribution in [0.25, 0.3) is 16.9 Å². The number of phenols is 2. The number of rotatable bonds is 2. The van der Waals surface area contributed by atoms with E-state index in [0.717, 1.165) is 5.69 Å². The van der Waals surface area contributed by atoms with E-state index in [1.54, 1.807) is 29.1 Å². The molecule has 0 amide bonds. The second-order valence-corrected chi connectivity index (χ2v) is 4.39. The molecule has 4 N–H and O–H groups in total. The number of benzene rings is 2. The van der Waals surface area contributed by atoms with E-state index in [4.69, 9.17) is 5.73 Å². The molecule has 0 radical (unpaired) electrons. The van der Waals surface area contributed by atoms with Gasteiger partial charge < -0.3 is 15.9 Å². The minimum Gasteiger partial charge on any atom is -0.508 e. The second kappa shape index (κ2) is 4.62. The van der Waals surface area contributed by atoms with Crippen LogP contribution in [-0.4, -0.2) is 20.0 Å². The summed E-state index contributed by atoms with van der Waals surface area (Å²) in [5, 5.41) is 23.6. The Bertz CT molecular complexity index is 765. The summed E-state index contributed by atoms with van der Waals surface area (Å²) in [6.07, 6.45) is 1.63. The normalized spacial score (nSPS) is 10.6.